The minimum atomic E-state index is -0.564. The van der Waals surface area contributed by atoms with Crippen molar-refractivity contribution in [1.82, 2.24) is 5.32 Å². The van der Waals surface area contributed by atoms with E-state index in [0.717, 1.165) is 12.8 Å². The maximum Gasteiger partial charge on any atom is 0.251 e. The van der Waals surface area contributed by atoms with Crippen LogP contribution in [0, 0.1) is 0 Å². The molecule has 1 unspecified atom stereocenters. The van der Waals surface area contributed by atoms with Gasteiger partial charge in [-0.3, -0.25) is 9.63 Å². The van der Waals surface area contributed by atoms with Crippen LogP contribution in [-0.4, -0.2) is 18.1 Å². The highest BCUT2D eigenvalue weighted by Crippen LogP contribution is 1.97. The zero-order valence-electron chi connectivity index (χ0n) is 7.96. The zero-order valence-corrected chi connectivity index (χ0v) is 7.96. The number of hydrogen-bond donors (Lipinski definition) is 2. The van der Waals surface area contributed by atoms with Crippen molar-refractivity contribution < 1.29 is 9.63 Å². The predicted molar refractivity (Wildman–Crippen MR) is 47.2 cm³/mol. The lowest BCUT2D eigenvalue weighted by molar-refractivity contribution is -0.132. The van der Waals surface area contributed by atoms with Crippen LogP contribution in [0.1, 0.15) is 33.6 Å². The first kappa shape index (κ1) is 11.4. The molecule has 0 aliphatic carbocycles. The molecule has 4 heteroatoms. The van der Waals surface area contributed by atoms with Gasteiger partial charge in [-0.25, -0.2) is 5.90 Å². The first-order valence-corrected chi connectivity index (χ1v) is 4.31. The Morgan fingerprint density at radius 3 is 2.33 bits per heavy atom. The lowest BCUT2D eigenvalue weighted by atomic mass is 10.1. The molecule has 4 nitrogen and oxygen atoms in total. The highest BCUT2D eigenvalue weighted by atomic mass is 16.6. The molecule has 12 heavy (non-hydrogen) atoms. The van der Waals surface area contributed by atoms with Crippen LogP contribution in [0.2, 0.25) is 0 Å². The van der Waals surface area contributed by atoms with Crippen molar-refractivity contribution in [2.75, 3.05) is 0 Å². The van der Waals surface area contributed by atoms with Crippen LogP contribution >= 0.6 is 0 Å². The summed E-state index contributed by atoms with van der Waals surface area (Å²) in [5.41, 5.74) is 0. The van der Waals surface area contributed by atoms with Gasteiger partial charge in [0.2, 0.25) is 0 Å². The molecule has 0 spiro atoms. The number of nitrogens with two attached hydrogens (primary N) is 1. The van der Waals surface area contributed by atoms with Gasteiger partial charge in [-0.2, -0.15) is 0 Å². The van der Waals surface area contributed by atoms with Crippen molar-refractivity contribution in [3.8, 4) is 0 Å². The molecule has 0 aliphatic heterocycles. The molecule has 0 rings (SSSR count). The Morgan fingerprint density at radius 2 is 2.00 bits per heavy atom. The van der Waals surface area contributed by atoms with Crippen molar-refractivity contribution >= 4 is 5.91 Å². The highest BCUT2D eigenvalue weighted by molar-refractivity contribution is 5.80. The Labute approximate surface area is 73.4 Å². The number of rotatable bonds is 5. The summed E-state index contributed by atoms with van der Waals surface area (Å²) in [5.74, 6) is 4.72. The topological polar surface area (TPSA) is 64.3 Å². The van der Waals surface area contributed by atoms with Gasteiger partial charge in [-0.15, -0.1) is 0 Å². The van der Waals surface area contributed by atoms with Crippen LogP contribution in [0.15, 0.2) is 0 Å². The summed E-state index contributed by atoms with van der Waals surface area (Å²) >= 11 is 0. The predicted octanol–water partition coefficient (Wildman–Crippen LogP) is 0.570. The maximum absolute atomic E-state index is 11.2. The third kappa shape index (κ3) is 3.69. The standard InChI is InChI=1S/C8H18N2O2/c1-4-7(5-2)10-8(11)6(3)12-9/h6-7H,4-5,9H2,1-3H3,(H,10,11). The van der Waals surface area contributed by atoms with Crippen molar-refractivity contribution in [2.45, 2.75) is 45.8 Å². The van der Waals surface area contributed by atoms with Crippen molar-refractivity contribution in [3.63, 3.8) is 0 Å². The monoisotopic (exact) mass is 174 g/mol. The van der Waals surface area contributed by atoms with Gasteiger partial charge in [0, 0.05) is 6.04 Å². The van der Waals surface area contributed by atoms with Gasteiger partial charge in [0.05, 0.1) is 0 Å². The molecule has 0 saturated carbocycles. The van der Waals surface area contributed by atoms with E-state index in [2.05, 4.69) is 10.2 Å². The van der Waals surface area contributed by atoms with Crippen LogP contribution in [0.5, 0.6) is 0 Å². The van der Waals surface area contributed by atoms with Crippen LogP contribution in [-0.2, 0) is 9.63 Å². The second-order valence-corrected chi connectivity index (χ2v) is 2.80. The molecule has 0 heterocycles. The minimum absolute atomic E-state index is 0.147. The quantitative estimate of drug-likeness (QED) is 0.599. The van der Waals surface area contributed by atoms with E-state index in [4.69, 9.17) is 5.90 Å². The Morgan fingerprint density at radius 1 is 1.50 bits per heavy atom. The Bertz CT molecular complexity index is 135. The van der Waals surface area contributed by atoms with E-state index in [1.54, 1.807) is 6.92 Å². The second kappa shape index (κ2) is 5.97. The fraction of sp³-hybridized carbons (Fsp3) is 0.875. The highest BCUT2D eigenvalue weighted by Gasteiger charge is 2.14. The number of carbonyl (C=O) groups excluding carboxylic acids is 1. The zero-order chi connectivity index (χ0) is 9.56. The molecular formula is C8H18N2O2. The molecule has 1 amide bonds. The van der Waals surface area contributed by atoms with Gasteiger partial charge in [0.25, 0.3) is 5.91 Å². The van der Waals surface area contributed by atoms with E-state index in [-0.39, 0.29) is 11.9 Å². The van der Waals surface area contributed by atoms with Crippen LogP contribution in [0.25, 0.3) is 0 Å². The Kier molecular flexibility index (Phi) is 5.66. The Hall–Kier alpha value is -0.610. The van der Waals surface area contributed by atoms with E-state index in [1.165, 1.54) is 0 Å². The maximum atomic E-state index is 11.2. The number of carbonyl (C=O) groups is 1. The molecule has 0 bridgehead atoms. The van der Waals surface area contributed by atoms with Gasteiger partial charge < -0.3 is 5.32 Å². The third-order valence-corrected chi connectivity index (χ3v) is 1.91. The average molecular weight is 174 g/mol. The first-order valence-electron chi connectivity index (χ1n) is 4.31. The first-order chi connectivity index (χ1) is 5.65. The van der Waals surface area contributed by atoms with Crippen LogP contribution in [0.3, 0.4) is 0 Å². The van der Waals surface area contributed by atoms with Gasteiger partial charge >= 0.3 is 0 Å². The van der Waals surface area contributed by atoms with Gasteiger partial charge in [0.15, 0.2) is 6.10 Å². The molecule has 0 aromatic heterocycles. The molecule has 72 valence electrons. The van der Waals surface area contributed by atoms with Crippen molar-refractivity contribution in [2.24, 2.45) is 5.90 Å². The summed E-state index contributed by atoms with van der Waals surface area (Å²) in [5, 5.41) is 2.82. The average Bonchev–Trinajstić information content (AvgIpc) is 2.12. The van der Waals surface area contributed by atoms with E-state index in [9.17, 15) is 4.79 Å². The lowest BCUT2D eigenvalue weighted by Gasteiger charge is -2.16. The molecule has 1 atom stereocenters. The summed E-state index contributed by atoms with van der Waals surface area (Å²) in [7, 11) is 0. The molecular weight excluding hydrogens is 156 g/mol. The fourth-order valence-corrected chi connectivity index (χ4v) is 0.873. The van der Waals surface area contributed by atoms with Crippen LogP contribution < -0.4 is 11.2 Å². The minimum Gasteiger partial charge on any atom is -0.351 e. The smallest absolute Gasteiger partial charge is 0.251 e. The summed E-state index contributed by atoms with van der Waals surface area (Å²) in [4.78, 5) is 15.6. The molecule has 3 N–H and O–H groups in total. The number of amides is 1. The van der Waals surface area contributed by atoms with Crippen LogP contribution in [0.4, 0.5) is 0 Å². The fourth-order valence-electron chi connectivity index (χ4n) is 0.873. The molecule has 0 saturated heterocycles. The van der Waals surface area contributed by atoms with E-state index >= 15 is 0 Å². The third-order valence-electron chi connectivity index (χ3n) is 1.91. The van der Waals surface area contributed by atoms with E-state index in [0.29, 0.717) is 0 Å². The van der Waals surface area contributed by atoms with Gasteiger partial charge in [0.1, 0.15) is 0 Å². The number of nitrogens with one attached hydrogen (secondary N) is 1. The SMILES string of the molecule is CCC(CC)NC(=O)C(C)ON. The molecule has 0 fully saturated rings. The van der Waals surface area contributed by atoms with Gasteiger partial charge in [-0.05, 0) is 19.8 Å². The Balaban J connectivity index is 3.81. The number of hydrogen-bond acceptors (Lipinski definition) is 3. The second-order valence-electron chi connectivity index (χ2n) is 2.80. The summed E-state index contributed by atoms with van der Waals surface area (Å²) in [6, 6.07) is 0.232. The molecule has 0 radical (unpaired) electrons. The molecule has 0 aromatic carbocycles. The lowest BCUT2D eigenvalue weighted by Crippen LogP contribution is -2.41. The summed E-state index contributed by atoms with van der Waals surface area (Å²) < 4.78 is 0. The van der Waals surface area contributed by atoms with E-state index in [1.807, 2.05) is 13.8 Å². The van der Waals surface area contributed by atoms with Crippen molar-refractivity contribution in [3.05, 3.63) is 0 Å². The molecule has 0 aliphatic rings. The van der Waals surface area contributed by atoms with E-state index < -0.39 is 6.10 Å². The largest absolute Gasteiger partial charge is 0.351 e. The summed E-state index contributed by atoms with van der Waals surface area (Å²) in [6.07, 6.45) is 1.30. The van der Waals surface area contributed by atoms with Crippen molar-refractivity contribution in [1.29, 1.82) is 0 Å². The van der Waals surface area contributed by atoms with Gasteiger partial charge in [-0.1, -0.05) is 13.8 Å². The summed E-state index contributed by atoms with van der Waals surface area (Å²) in [6.45, 7) is 5.68. The molecule has 0 aromatic rings. The normalized spacial score (nSPS) is 13.1.